The van der Waals surface area contributed by atoms with Crippen LogP contribution in [0.3, 0.4) is 0 Å². The Morgan fingerprint density at radius 2 is 0.653 bits per heavy atom. The van der Waals surface area contributed by atoms with Crippen LogP contribution in [-0.4, -0.2) is 56.9 Å². The third kappa shape index (κ3) is 8.67. The molecule has 3 aromatic heterocycles. The van der Waals surface area contributed by atoms with Crippen LogP contribution in [0, 0.1) is 0 Å². The Morgan fingerprint density at radius 1 is 0.248 bits per heavy atom. The van der Waals surface area contributed by atoms with Crippen molar-refractivity contribution in [3.8, 4) is 11.5 Å². The number of hydrogen-bond donors (Lipinski definition) is 0. The predicted molar refractivity (Wildman–Crippen MR) is 432 cm³/mol. The molecule has 4 aliphatic rings. The molecular weight excluding hydrogens is 1430 g/mol. The van der Waals surface area contributed by atoms with Gasteiger partial charge in [-0.1, -0.05) is 0 Å². The number of rotatable bonds is 9. The number of para-hydroxylation sites is 6. The van der Waals surface area contributed by atoms with Crippen molar-refractivity contribution in [1.82, 2.24) is 0 Å². The zero-order valence-electron chi connectivity index (χ0n) is 54.3. The summed E-state index contributed by atoms with van der Waals surface area (Å²) in [6.07, 6.45) is 0. The van der Waals surface area contributed by atoms with E-state index in [-0.39, 0.29) is 56.9 Å². The van der Waals surface area contributed by atoms with E-state index in [0.717, 1.165) is 79.5 Å². The number of benzene rings is 15. The summed E-state index contributed by atoms with van der Waals surface area (Å²) in [5.41, 5.74) is 24.2. The van der Waals surface area contributed by atoms with E-state index >= 15 is 0 Å². The van der Waals surface area contributed by atoms with E-state index in [2.05, 4.69) is 358 Å². The summed E-state index contributed by atoms with van der Waals surface area (Å²) in [5, 5.41) is 7.92. The molecule has 11 heteroatoms. The molecule has 6 nitrogen and oxygen atoms in total. The maximum atomic E-state index is 8.10. The van der Waals surface area contributed by atoms with Crippen LogP contribution in [0.1, 0.15) is 0 Å². The summed E-state index contributed by atoms with van der Waals surface area (Å²) in [4.78, 5) is 12.8. The second-order valence-electron chi connectivity index (χ2n) is 26.6. The first-order chi connectivity index (χ1) is 50.1. The fourth-order valence-corrected chi connectivity index (χ4v) is 24.7. The summed E-state index contributed by atoms with van der Waals surface area (Å²) < 4.78 is 16.5. The average Bonchev–Trinajstić information content (AvgIpc) is 1.24. The van der Waals surface area contributed by atoms with Gasteiger partial charge in [-0.05, 0) is 0 Å². The first-order valence-electron chi connectivity index (χ1n) is 34.4. The van der Waals surface area contributed by atoms with Crippen LogP contribution in [0.25, 0.3) is 57.9 Å². The van der Waals surface area contributed by atoms with Crippen molar-refractivity contribution in [2.45, 2.75) is 0 Å². The van der Waals surface area contributed by atoms with Crippen molar-refractivity contribution in [2.75, 3.05) is 24.5 Å². The molecule has 4 aliphatic heterocycles. The molecule has 0 saturated carbocycles. The zero-order chi connectivity index (χ0) is 66.0. The van der Waals surface area contributed by atoms with Crippen molar-refractivity contribution in [3.05, 3.63) is 334 Å². The van der Waals surface area contributed by atoms with Gasteiger partial charge in [-0.25, -0.2) is 0 Å². The second-order valence-corrected chi connectivity index (χ2v) is 33.2. The van der Waals surface area contributed by atoms with E-state index in [0.29, 0.717) is 0 Å². The van der Waals surface area contributed by atoms with Gasteiger partial charge in [0.1, 0.15) is 0 Å². The molecule has 0 fully saturated rings. The fraction of sp³-hybridized carbons (Fsp3) is 0. The normalized spacial score (nSPS) is 13.1. The molecule has 0 radical (unpaired) electrons. The van der Waals surface area contributed by atoms with Gasteiger partial charge in [0, 0.05) is 0 Å². The van der Waals surface area contributed by atoms with Crippen LogP contribution in [0.2, 0.25) is 0 Å². The summed E-state index contributed by atoms with van der Waals surface area (Å²) in [6, 6.07) is 125. The van der Waals surface area contributed by atoms with Crippen LogP contribution < -0.4 is 62.0 Å². The first-order valence-corrected chi connectivity index (χ1v) is 39.6. The molecule has 0 aliphatic carbocycles. The number of nitrogens with zero attached hydrogens (tertiary/aromatic N) is 5. The molecule has 15 aromatic carbocycles. The van der Waals surface area contributed by atoms with Crippen LogP contribution in [-0.2, 0) is 0 Å². The molecule has 470 valence electrons. The van der Waals surface area contributed by atoms with E-state index in [1.54, 1.807) is 0 Å². The molecule has 0 bridgehead atoms. The fourth-order valence-electron chi connectivity index (χ4n) is 17.1. The van der Waals surface area contributed by atoms with Gasteiger partial charge in [0.2, 0.25) is 0 Å². The third-order valence-electron chi connectivity index (χ3n) is 21.2. The van der Waals surface area contributed by atoms with E-state index < -0.39 is 0 Å². The summed E-state index contributed by atoms with van der Waals surface area (Å²) in [5.74, 6) is 1.71. The van der Waals surface area contributed by atoms with Crippen molar-refractivity contribution in [3.63, 3.8) is 0 Å². The molecule has 18 aromatic rings. The van der Waals surface area contributed by atoms with Crippen molar-refractivity contribution in [1.29, 1.82) is 0 Å². The topological polar surface area (TPSA) is 25.4 Å². The molecule has 0 amide bonds. The number of hydrogen-bond acceptors (Lipinski definition) is 6. The van der Waals surface area contributed by atoms with Gasteiger partial charge in [-0.3, -0.25) is 0 Å². The molecule has 0 spiro atoms. The predicted octanol–water partition coefficient (Wildman–Crippen LogP) is 19.2. The van der Waals surface area contributed by atoms with Crippen LogP contribution in [0.5, 0.6) is 11.5 Å². The van der Waals surface area contributed by atoms with Gasteiger partial charge in [0.05, 0.1) is 0 Å². The van der Waals surface area contributed by atoms with E-state index in [9.17, 15) is 0 Å². The van der Waals surface area contributed by atoms with Gasteiger partial charge in [0.25, 0.3) is 0 Å². The van der Waals surface area contributed by atoms with Crippen LogP contribution in [0.15, 0.2) is 334 Å². The van der Waals surface area contributed by atoms with E-state index in [1.165, 1.54) is 108 Å². The second kappa shape index (κ2) is 22.7. The Morgan fingerprint density at radius 3 is 1.23 bits per heavy atom. The molecular formula is C90H55B2N5OSe3. The minimum atomic E-state index is -0.209. The number of ether oxygens (including phenoxy) is 1. The standard InChI is InChI=1S/C90H55B2N5OSe3/c1-5-26-56(27-6-1)93(57-28-7-2-8-29-57)60-50-78-86-79(51-60)97(76-46-25-39-67-64-36-15-22-49-85(64)101-90(67)76)77-55-81-71(54-70(77)91(86)68-40-16-18-42-72(68)95(78)59-32-11-4-12-33-59)92-69-41-17-19-43-73(69)96(75-45-24-38-66-63-35-14-21-48-84(63)100-89(66)75)80-52-61(53-82(98-81)87(80)92)94(58-30-9-3-10-31-58)74-44-23-37-65-62-34-13-20-47-83(62)99-88(65)74/h1-55H. The van der Waals surface area contributed by atoms with Crippen molar-refractivity contribution in [2.24, 2.45) is 0 Å². The van der Waals surface area contributed by atoms with E-state index in [4.69, 9.17) is 4.74 Å². The first kappa shape index (κ1) is 57.7. The Kier molecular flexibility index (Phi) is 12.9. The molecule has 0 atom stereocenters. The van der Waals surface area contributed by atoms with Gasteiger partial charge in [-0.2, -0.15) is 0 Å². The van der Waals surface area contributed by atoms with E-state index in [1.807, 2.05) is 0 Å². The van der Waals surface area contributed by atoms with Crippen LogP contribution >= 0.6 is 0 Å². The molecule has 0 unspecified atom stereocenters. The molecule has 0 N–H and O–H groups in total. The number of fused-ring (bicyclic) bond motifs is 17. The molecule has 0 saturated heterocycles. The summed E-state index contributed by atoms with van der Waals surface area (Å²) in [7, 11) is 0. The molecule has 22 rings (SSSR count). The van der Waals surface area contributed by atoms with Gasteiger partial charge in [0.15, 0.2) is 0 Å². The molecule has 101 heavy (non-hydrogen) atoms. The van der Waals surface area contributed by atoms with Gasteiger partial charge < -0.3 is 0 Å². The van der Waals surface area contributed by atoms with Crippen molar-refractivity contribution >= 4 is 233 Å². The Bertz CT molecular complexity index is 6420. The van der Waals surface area contributed by atoms with Crippen molar-refractivity contribution < 1.29 is 4.74 Å². The van der Waals surface area contributed by atoms with Crippen LogP contribution in [0.4, 0.5) is 85.3 Å². The quantitative estimate of drug-likeness (QED) is 0.134. The zero-order valence-corrected chi connectivity index (χ0v) is 59.4. The van der Waals surface area contributed by atoms with Gasteiger partial charge >= 0.3 is 607 Å². The Hall–Kier alpha value is -11.2. The Labute approximate surface area is 602 Å². The third-order valence-corrected chi connectivity index (χ3v) is 28.8. The summed E-state index contributed by atoms with van der Waals surface area (Å²) in [6.45, 7) is -0.392. The number of anilines is 15. The van der Waals surface area contributed by atoms with Gasteiger partial charge in [-0.15, -0.1) is 0 Å². The maximum absolute atomic E-state index is 8.10. The summed E-state index contributed by atoms with van der Waals surface area (Å²) >= 11 is 0.133. The Balaban J connectivity index is 0.845. The SMILES string of the molecule is c1ccc(N(c2ccccc2)c2cc3c4c(c2)N(c2cccc5c2[se]c2ccccc25)c2cc5c(cc2B4c2ccccc2N3c2ccccc2)B2c3ccccc3N(c3cccc4c3[se]c3ccccc34)c3cc(N(c4ccccc4)c4cccc6c4[se]c4ccccc46)cc(c32)O5)cc1. The molecule has 7 heterocycles. The minimum absolute atomic E-state index is 0.00428. The monoisotopic (exact) mass is 1480 g/mol. The average molecular weight is 1480 g/mol.